The molecule has 0 atom stereocenters. The minimum atomic E-state index is -0.457. The molecule has 0 aliphatic carbocycles. The van der Waals surface area contributed by atoms with Gasteiger partial charge in [0.2, 0.25) is 0 Å². The number of nitrogens with zero attached hydrogens (tertiary/aromatic N) is 2. The largest absolute Gasteiger partial charge is 0.494 e. The number of nitro groups is 1. The Morgan fingerprint density at radius 2 is 1.95 bits per heavy atom. The third-order valence-electron chi connectivity index (χ3n) is 2.78. The number of ether oxygens (including phenoxy) is 1. The van der Waals surface area contributed by atoms with Gasteiger partial charge in [-0.25, -0.2) is 0 Å². The minimum absolute atomic E-state index is 0.00333. The summed E-state index contributed by atoms with van der Waals surface area (Å²) in [5, 5.41) is 28.8. The lowest BCUT2D eigenvalue weighted by molar-refractivity contribution is -0.385. The molecule has 0 aliphatic rings. The fourth-order valence-electron chi connectivity index (χ4n) is 1.89. The maximum Gasteiger partial charge on any atom is 0.270 e. The van der Waals surface area contributed by atoms with Crippen LogP contribution in [0.1, 0.15) is 12.5 Å². The predicted octanol–water partition coefficient (Wildman–Crippen LogP) is 0.780. The number of aliphatic hydroxyl groups excluding tert-OH is 2. The Morgan fingerprint density at radius 1 is 1.30 bits per heavy atom. The molecule has 0 saturated carbocycles. The van der Waals surface area contributed by atoms with E-state index < -0.39 is 4.92 Å². The molecule has 0 heterocycles. The Kier molecular flexibility index (Phi) is 6.92. The van der Waals surface area contributed by atoms with Crippen LogP contribution in [-0.4, -0.2) is 52.9 Å². The van der Waals surface area contributed by atoms with Gasteiger partial charge in [-0.15, -0.1) is 0 Å². The zero-order chi connectivity index (χ0) is 15.0. The van der Waals surface area contributed by atoms with E-state index in [-0.39, 0.29) is 18.9 Å². The third-order valence-corrected chi connectivity index (χ3v) is 2.78. The normalized spacial score (nSPS) is 10.8. The summed E-state index contributed by atoms with van der Waals surface area (Å²) in [6.07, 6.45) is 0. The maximum absolute atomic E-state index is 10.8. The molecule has 0 saturated heterocycles. The van der Waals surface area contributed by atoms with Crippen molar-refractivity contribution in [3.8, 4) is 5.75 Å². The number of non-ortho nitro benzene ring substituents is 1. The van der Waals surface area contributed by atoms with Crippen LogP contribution in [0.25, 0.3) is 0 Å². The maximum atomic E-state index is 10.8. The van der Waals surface area contributed by atoms with Crippen LogP contribution in [0.5, 0.6) is 5.75 Å². The number of hydrogen-bond acceptors (Lipinski definition) is 6. The highest BCUT2D eigenvalue weighted by molar-refractivity contribution is 5.43. The van der Waals surface area contributed by atoms with Crippen LogP contribution in [0.15, 0.2) is 18.2 Å². The second-order valence-electron chi connectivity index (χ2n) is 4.21. The second-order valence-corrected chi connectivity index (χ2v) is 4.21. The van der Waals surface area contributed by atoms with Crippen LogP contribution in [0.2, 0.25) is 0 Å². The average Bonchev–Trinajstić information content (AvgIpc) is 2.41. The second kappa shape index (κ2) is 8.47. The first-order valence-electron chi connectivity index (χ1n) is 6.46. The molecule has 7 heteroatoms. The van der Waals surface area contributed by atoms with Gasteiger partial charge in [0.05, 0.1) is 24.7 Å². The zero-order valence-corrected chi connectivity index (χ0v) is 11.5. The summed E-state index contributed by atoms with van der Waals surface area (Å²) in [6.45, 7) is 3.36. The number of aliphatic hydroxyl groups is 2. The van der Waals surface area contributed by atoms with Crippen LogP contribution in [0.3, 0.4) is 0 Å². The lowest BCUT2D eigenvalue weighted by Crippen LogP contribution is -2.29. The van der Waals surface area contributed by atoms with E-state index in [2.05, 4.69) is 0 Å². The molecule has 1 aromatic carbocycles. The average molecular weight is 284 g/mol. The Balaban J connectivity index is 2.97. The molecule has 2 N–H and O–H groups in total. The smallest absolute Gasteiger partial charge is 0.270 e. The SMILES string of the molecule is CCOc1ccc([N+](=O)[O-])cc1CN(CCO)CCO. The molecule has 1 aromatic rings. The van der Waals surface area contributed by atoms with Crippen molar-refractivity contribution in [2.24, 2.45) is 0 Å². The topological polar surface area (TPSA) is 96.1 Å². The first-order valence-corrected chi connectivity index (χ1v) is 6.46. The molecule has 1 rings (SSSR count). The molecule has 7 nitrogen and oxygen atoms in total. The van der Waals surface area contributed by atoms with Crippen LogP contribution >= 0.6 is 0 Å². The molecule has 20 heavy (non-hydrogen) atoms. The van der Waals surface area contributed by atoms with Crippen molar-refractivity contribution in [3.63, 3.8) is 0 Å². The highest BCUT2D eigenvalue weighted by Gasteiger charge is 2.14. The van der Waals surface area contributed by atoms with E-state index in [9.17, 15) is 10.1 Å². The Morgan fingerprint density at radius 3 is 2.45 bits per heavy atom. The number of rotatable bonds is 9. The first kappa shape index (κ1) is 16.4. The van der Waals surface area contributed by atoms with E-state index in [1.54, 1.807) is 6.07 Å². The van der Waals surface area contributed by atoms with Crippen molar-refractivity contribution in [2.45, 2.75) is 13.5 Å². The standard InChI is InChI=1S/C13H20N2O5/c1-2-20-13-4-3-12(15(18)19)9-11(13)10-14(5-7-16)6-8-17/h3-4,9,16-17H,2,5-8,10H2,1H3. The van der Waals surface area contributed by atoms with Gasteiger partial charge >= 0.3 is 0 Å². The summed E-state index contributed by atoms with van der Waals surface area (Å²) in [7, 11) is 0. The summed E-state index contributed by atoms with van der Waals surface area (Å²) in [5.41, 5.74) is 0.666. The monoisotopic (exact) mass is 284 g/mol. The van der Waals surface area contributed by atoms with Gasteiger partial charge in [0.1, 0.15) is 5.75 Å². The molecular formula is C13H20N2O5. The molecule has 0 aliphatic heterocycles. The Hall–Kier alpha value is -1.70. The molecule has 0 fully saturated rings. The Labute approximate surface area is 117 Å². The molecular weight excluding hydrogens is 264 g/mol. The van der Waals surface area contributed by atoms with Gasteiger partial charge in [0.25, 0.3) is 5.69 Å². The van der Waals surface area contributed by atoms with Gasteiger partial charge in [-0.1, -0.05) is 0 Å². The summed E-state index contributed by atoms with van der Waals surface area (Å²) in [6, 6.07) is 4.44. The summed E-state index contributed by atoms with van der Waals surface area (Å²) in [5.74, 6) is 0.582. The van der Waals surface area contributed by atoms with Crippen molar-refractivity contribution in [1.29, 1.82) is 0 Å². The summed E-state index contributed by atoms with van der Waals surface area (Å²) < 4.78 is 5.45. The summed E-state index contributed by atoms with van der Waals surface area (Å²) in [4.78, 5) is 12.2. The van der Waals surface area contributed by atoms with E-state index in [4.69, 9.17) is 14.9 Å². The van der Waals surface area contributed by atoms with Gasteiger partial charge in [-0.2, -0.15) is 0 Å². The van der Waals surface area contributed by atoms with Gasteiger partial charge < -0.3 is 14.9 Å². The van der Waals surface area contributed by atoms with Gasteiger partial charge in [-0.3, -0.25) is 15.0 Å². The highest BCUT2D eigenvalue weighted by atomic mass is 16.6. The van der Waals surface area contributed by atoms with Crippen LogP contribution < -0.4 is 4.74 Å². The van der Waals surface area contributed by atoms with Crippen molar-refractivity contribution >= 4 is 5.69 Å². The van der Waals surface area contributed by atoms with Gasteiger partial charge in [-0.05, 0) is 13.0 Å². The molecule has 0 amide bonds. The van der Waals surface area contributed by atoms with E-state index in [0.29, 0.717) is 37.6 Å². The van der Waals surface area contributed by atoms with Gasteiger partial charge in [0, 0.05) is 37.3 Å². The van der Waals surface area contributed by atoms with Crippen molar-refractivity contribution in [1.82, 2.24) is 4.90 Å². The zero-order valence-electron chi connectivity index (χ0n) is 11.5. The molecule has 0 radical (unpaired) electrons. The van der Waals surface area contributed by atoms with Crippen LogP contribution in [0.4, 0.5) is 5.69 Å². The number of hydrogen-bond donors (Lipinski definition) is 2. The van der Waals surface area contributed by atoms with Crippen molar-refractivity contribution < 1.29 is 19.9 Å². The molecule has 0 spiro atoms. The number of nitro benzene ring substituents is 1. The fourth-order valence-corrected chi connectivity index (χ4v) is 1.89. The summed E-state index contributed by atoms with van der Waals surface area (Å²) >= 11 is 0. The van der Waals surface area contributed by atoms with Gasteiger partial charge in [0.15, 0.2) is 0 Å². The minimum Gasteiger partial charge on any atom is -0.494 e. The highest BCUT2D eigenvalue weighted by Crippen LogP contribution is 2.25. The van der Waals surface area contributed by atoms with E-state index in [1.165, 1.54) is 12.1 Å². The van der Waals surface area contributed by atoms with Crippen LogP contribution in [-0.2, 0) is 6.54 Å². The van der Waals surface area contributed by atoms with E-state index >= 15 is 0 Å². The van der Waals surface area contributed by atoms with E-state index in [0.717, 1.165) is 0 Å². The molecule has 112 valence electrons. The first-order chi connectivity index (χ1) is 9.62. The third kappa shape index (κ3) is 4.76. The van der Waals surface area contributed by atoms with Crippen molar-refractivity contribution in [3.05, 3.63) is 33.9 Å². The molecule has 0 unspecified atom stereocenters. The lowest BCUT2D eigenvalue weighted by Gasteiger charge is -2.21. The number of benzene rings is 1. The quantitative estimate of drug-likeness (QED) is 0.514. The fraction of sp³-hybridized carbons (Fsp3) is 0.538. The molecule has 0 bridgehead atoms. The Bertz CT molecular complexity index is 433. The molecule has 0 aromatic heterocycles. The van der Waals surface area contributed by atoms with E-state index in [1.807, 2.05) is 11.8 Å². The lowest BCUT2D eigenvalue weighted by atomic mass is 10.1. The predicted molar refractivity (Wildman–Crippen MR) is 73.7 cm³/mol. The van der Waals surface area contributed by atoms with Crippen LogP contribution in [0, 0.1) is 10.1 Å². The van der Waals surface area contributed by atoms with Crippen molar-refractivity contribution in [2.75, 3.05) is 32.9 Å².